The predicted molar refractivity (Wildman–Crippen MR) is 70.0 cm³/mol. The van der Waals surface area contributed by atoms with Gasteiger partial charge < -0.3 is 10.2 Å². The molecule has 0 bridgehead atoms. The summed E-state index contributed by atoms with van der Waals surface area (Å²) in [7, 11) is 0. The van der Waals surface area contributed by atoms with E-state index >= 15 is 0 Å². The predicted octanol–water partition coefficient (Wildman–Crippen LogP) is 2.56. The minimum Gasteiger partial charge on any atom is -0.382 e. The van der Waals surface area contributed by atoms with Crippen molar-refractivity contribution in [3.8, 4) is 0 Å². The van der Waals surface area contributed by atoms with Crippen LogP contribution in [-0.2, 0) is 4.79 Å². The maximum atomic E-state index is 13.2. The number of aryl methyl sites for hydroxylation is 1. The van der Waals surface area contributed by atoms with Crippen molar-refractivity contribution >= 4 is 11.6 Å². The van der Waals surface area contributed by atoms with E-state index in [1.54, 1.807) is 13.0 Å². The second-order valence-corrected chi connectivity index (χ2v) is 4.88. The fraction of sp³-hybridized carbons (Fsp3) is 0.500. The highest BCUT2D eigenvalue weighted by Crippen LogP contribution is 2.20. The van der Waals surface area contributed by atoms with Crippen LogP contribution in [0, 0.1) is 12.7 Å². The summed E-state index contributed by atoms with van der Waals surface area (Å²) in [5.74, 6) is -0.0836. The summed E-state index contributed by atoms with van der Waals surface area (Å²) in [6.07, 6.45) is 1.82. The first-order valence-electron chi connectivity index (χ1n) is 6.34. The van der Waals surface area contributed by atoms with E-state index in [1.165, 1.54) is 12.1 Å². The average Bonchev–Trinajstić information content (AvgIpc) is 2.34. The number of anilines is 1. The zero-order valence-electron chi connectivity index (χ0n) is 10.9. The lowest BCUT2D eigenvalue weighted by Crippen LogP contribution is -2.41. The van der Waals surface area contributed by atoms with E-state index in [1.807, 2.05) is 11.8 Å². The minimum absolute atomic E-state index is 0.135. The Kier molecular flexibility index (Phi) is 3.84. The summed E-state index contributed by atoms with van der Waals surface area (Å²) < 4.78 is 13.2. The van der Waals surface area contributed by atoms with Crippen LogP contribution in [0.3, 0.4) is 0 Å². The van der Waals surface area contributed by atoms with Gasteiger partial charge >= 0.3 is 0 Å². The highest BCUT2D eigenvalue weighted by atomic mass is 19.1. The van der Waals surface area contributed by atoms with Gasteiger partial charge in [0.1, 0.15) is 5.82 Å². The standard InChI is InChI=1S/C14H19FN2O/c1-10-3-4-12(15)9-14(10)16-13-5-7-17(8-6-13)11(2)18/h3-4,9,13,16H,5-8H2,1-2H3. The fourth-order valence-corrected chi connectivity index (χ4v) is 2.31. The maximum Gasteiger partial charge on any atom is 0.219 e. The highest BCUT2D eigenvalue weighted by Gasteiger charge is 2.20. The third-order valence-corrected chi connectivity index (χ3v) is 3.50. The molecule has 1 aromatic rings. The zero-order chi connectivity index (χ0) is 13.1. The Morgan fingerprint density at radius 3 is 2.67 bits per heavy atom. The number of carbonyl (C=O) groups is 1. The number of hydrogen-bond acceptors (Lipinski definition) is 2. The van der Waals surface area contributed by atoms with E-state index in [4.69, 9.17) is 0 Å². The summed E-state index contributed by atoms with van der Waals surface area (Å²) in [4.78, 5) is 13.1. The van der Waals surface area contributed by atoms with Crippen LogP contribution in [0.25, 0.3) is 0 Å². The molecule has 2 rings (SSSR count). The highest BCUT2D eigenvalue weighted by molar-refractivity contribution is 5.73. The number of nitrogens with zero attached hydrogens (tertiary/aromatic N) is 1. The second-order valence-electron chi connectivity index (χ2n) is 4.88. The number of hydrogen-bond donors (Lipinski definition) is 1. The Morgan fingerprint density at radius 1 is 1.39 bits per heavy atom. The monoisotopic (exact) mass is 250 g/mol. The van der Waals surface area contributed by atoms with Gasteiger partial charge in [-0.25, -0.2) is 4.39 Å². The SMILES string of the molecule is CC(=O)N1CCC(Nc2cc(F)ccc2C)CC1. The van der Waals surface area contributed by atoms with Crippen molar-refractivity contribution in [1.82, 2.24) is 4.90 Å². The molecule has 1 fully saturated rings. The smallest absolute Gasteiger partial charge is 0.219 e. The van der Waals surface area contributed by atoms with Crippen LogP contribution >= 0.6 is 0 Å². The van der Waals surface area contributed by atoms with Crippen molar-refractivity contribution < 1.29 is 9.18 Å². The third kappa shape index (κ3) is 3.00. The molecule has 0 spiro atoms. The molecule has 1 heterocycles. The Hall–Kier alpha value is -1.58. The molecule has 1 saturated heterocycles. The van der Waals surface area contributed by atoms with Crippen molar-refractivity contribution in [2.24, 2.45) is 0 Å². The number of likely N-dealkylation sites (tertiary alicyclic amines) is 1. The van der Waals surface area contributed by atoms with Crippen LogP contribution < -0.4 is 5.32 Å². The first-order chi connectivity index (χ1) is 8.56. The lowest BCUT2D eigenvalue weighted by Gasteiger charge is -2.32. The largest absolute Gasteiger partial charge is 0.382 e. The van der Waals surface area contributed by atoms with E-state index in [0.717, 1.165) is 37.2 Å². The number of piperidine rings is 1. The molecule has 3 nitrogen and oxygen atoms in total. The van der Waals surface area contributed by atoms with Crippen molar-refractivity contribution in [3.05, 3.63) is 29.6 Å². The molecule has 1 aliphatic heterocycles. The molecule has 0 aromatic heterocycles. The molecule has 1 N–H and O–H groups in total. The number of carbonyl (C=O) groups excluding carboxylic acids is 1. The summed E-state index contributed by atoms with van der Waals surface area (Å²) >= 11 is 0. The van der Waals surface area contributed by atoms with Gasteiger partial charge in [0.15, 0.2) is 0 Å². The maximum absolute atomic E-state index is 13.2. The van der Waals surface area contributed by atoms with Crippen LogP contribution in [0.15, 0.2) is 18.2 Å². The molecule has 1 aromatic carbocycles. The lowest BCUT2D eigenvalue weighted by molar-refractivity contribution is -0.129. The molecular formula is C14H19FN2O. The first-order valence-corrected chi connectivity index (χ1v) is 6.34. The summed E-state index contributed by atoms with van der Waals surface area (Å²) in [6.45, 7) is 5.12. The van der Waals surface area contributed by atoms with Crippen LogP contribution in [0.2, 0.25) is 0 Å². The molecule has 0 radical (unpaired) electrons. The number of halogens is 1. The molecule has 4 heteroatoms. The van der Waals surface area contributed by atoms with Crippen molar-refractivity contribution in [3.63, 3.8) is 0 Å². The number of benzene rings is 1. The van der Waals surface area contributed by atoms with Crippen molar-refractivity contribution in [1.29, 1.82) is 0 Å². The van der Waals surface area contributed by atoms with Gasteiger partial charge in [-0.15, -0.1) is 0 Å². The molecular weight excluding hydrogens is 231 g/mol. The Morgan fingerprint density at radius 2 is 2.06 bits per heavy atom. The zero-order valence-corrected chi connectivity index (χ0v) is 10.9. The average molecular weight is 250 g/mol. The third-order valence-electron chi connectivity index (χ3n) is 3.50. The Labute approximate surface area is 107 Å². The van der Waals surface area contributed by atoms with Gasteiger partial charge in [-0.2, -0.15) is 0 Å². The number of amides is 1. The van der Waals surface area contributed by atoms with Gasteiger partial charge in [-0.05, 0) is 37.5 Å². The van der Waals surface area contributed by atoms with E-state index in [9.17, 15) is 9.18 Å². The lowest BCUT2D eigenvalue weighted by atomic mass is 10.0. The Bertz CT molecular complexity index is 439. The van der Waals surface area contributed by atoms with Crippen LogP contribution in [0.4, 0.5) is 10.1 Å². The van der Waals surface area contributed by atoms with E-state index < -0.39 is 0 Å². The molecule has 0 aliphatic carbocycles. The van der Waals surface area contributed by atoms with Crippen LogP contribution in [-0.4, -0.2) is 29.9 Å². The second kappa shape index (κ2) is 5.38. The van der Waals surface area contributed by atoms with Gasteiger partial charge in [-0.3, -0.25) is 4.79 Å². The molecule has 1 aliphatic rings. The topological polar surface area (TPSA) is 32.3 Å². The molecule has 0 unspecified atom stereocenters. The van der Waals surface area contributed by atoms with Crippen LogP contribution in [0.5, 0.6) is 0 Å². The van der Waals surface area contributed by atoms with E-state index in [-0.39, 0.29) is 11.7 Å². The Balaban J connectivity index is 1.95. The molecule has 0 atom stereocenters. The van der Waals surface area contributed by atoms with Crippen molar-refractivity contribution in [2.45, 2.75) is 32.7 Å². The van der Waals surface area contributed by atoms with E-state index in [2.05, 4.69) is 5.32 Å². The molecule has 1 amide bonds. The van der Waals surface area contributed by atoms with Gasteiger partial charge in [0.25, 0.3) is 0 Å². The van der Waals surface area contributed by atoms with Gasteiger partial charge in [0.05, 0.1) is 0 Å². The van der Waals surface area contributed by atoms with Crippen LogP contribution in [0.1, 0.15) is 25.3 Å². The molecule has 98 valence electrons. The van der Waals surface area contributed by atoms with Gasteiger partial charge in [-0.1, -0.05) is 6.07 Å². The first kappa shape index (κ1) is 12.9. The summed E-state index contributed by atoms with van der Waals surface area (Å²) in [5, 5.41) is 3.37. The fourth-order valence-electron chi connectivity index (χ4n) is 2.31. The number of rotatable bonds is 2. The summed E-state index contributed by atoms with van der Waals surface area (Å²) in [6, 6.07) is 5.11. The molecule has 0 saturated carbocycles. The quantitative estimate of drug-likeness (QED) is 0.875. The molecule has 18 heavy (non-hydrogen) atoms. The van der Waals surface area contributed by atoms with Gasteiger partial charge in [0.2, 0.25) is 5.91 Å². The van der Waals surface area contributed by atoms with Gasteiger partial charge in [0, 0.05) is 31.7 Å². The number of nitrogens with one attached hydrogen (secondary N) is 1. The normalized spacial score (nSPS) is 16.7. The summed E-state index contributed by atoms with van der Waals surface area (Å²) in [5.41, 5.74) is 1.90. The van der Waals surface area contributed by atoms with E-state index in [0.29, 0.717) is 6.04 Å². The minimum atomic E-state index is -0.218. The van der Waals surface area contributed by atoms with Crippen molar-refractivity contribution in [2.75, 3.05) is 18.4 Å².